The molecule has 2 fully saturated rings. The van der Waals surface area contributed by atoms with Gasteiger partial charge in [-0.3, -0.25) is 9.88 Å². The quantitative estimate of drug-likeness (QED) is 0.840. The Kier molecular flexibility index (Phi) is 4.43. The molecule has 2 bridgehead atoms. The van der Waals surface area contributed by atoms with Crippen LogP contribution in [0.5, 0.6) is 0 Å². The molecule has 0 spiro atoms. The van der Waals surface area contributed by atoms with Crippen LogP contribution in [0.2, 0.25) is 5.02 Å². The number of hydrogen-bond donors (Lipinski definition) is 0. The molecule has 1 aromatic heterocycles. The lowest BCUT2D eigenvalue weighted by molar-refractivity contribution is 0.00600. The highest BCUT2D eigenvalue weighted by molar-refractivity contribution is 6.30. The Morgan fingerprint density at radius 2 is 2.05 bits per heavy atom. The second-order valence-electron chi connectivity index (χ2n) is 7.32. The Labute approximate surface area is 138 Å². The Morgan fingerprint density at radius 3 is 2.59 bits per heavy atom. The second-order valence-corrected chi connectivity index (χ2v) is 7.76. The van der Waals surface area contributed by atoms with Gasteiger partial charge in [0.05, 0.1) is 16.5 Å². The van der Waals surface area contributed by atoms with Crippen LogP contribution in [0.4, 0.5) is 0 Å². The molecule has 1 aromatic rings. The van der Waals surface area contributed by atoms with Crippen molar-refractivity contribution in [3.05, 3.63) is 29.0 Å². The van der Waals surface area contributed by atoms with Gasteiger partial charge in [-0.2, -0.15) is 5.26 Å². The highest BCUT2D eigenvalue weighted by Gasteiger charge is 2.47. The van der Waals surface area contributed by atoms with Crippen molar-refractivity contribution in [3.63, 3.8) is 0 Å². The van der Waals surface area contributed by atoms with Gasteiger partial charge in [0.15, 0.2) is 0 Å². The lowest BCUT2D eigenvalue weighted by Crippen LogP contribution is -2.57. The Morgan fingerprint density at radius 1 is 1.36 bits per heavy atom. The van der Waals surface area contributed by atoms with Crippen LogP contribution < -0.4 is 0 Å². The van der Waals surface area contributed by atoms with E-state index in [4.69, 9.17) is 11.6 Å². The van der Waals surface area contributed by atoms with Gasteiger partial charge in [0.1, 0.15) is 0 Å². The summed E-state index contributed by atoms with van der Waals surface area (Å²) in [6.45, 7) is 5.70. The van der Waals surface area contributed by atoms with E-state index < -0.39 is 5.41 Å². The number of aromatic nitrogens is 1. The van der Waals surface area contributed by atoms with Crippen LogP contribution in [0.15, 0.2) is 18.5 Å². The molecule has 0 saturated carbocycles. The van der Waals surface area contributed by atoms with Crippen LogP contribution >= 0.6 is 11.6 Å². The van der Waals surface area contributed by atoms with Crippen molar-refractivity contribution in [2.24, 2.45) is 5.92 Å². The number of fused-ring (bicyclic) bond motifs is 2. The number of hydrogen-bond acceptors (Lipinski definition) is 3. The predicted octanol–water partition coefficient (Wildman–Crippen LogP) is 4.17. The second kappa shape index (κ2) is 6.18. The van der Waals surface area contributed by atoms with E-state index in [0.29, 0.717) is 23.0 Å². The maximum Gasteiger partial charge on any atom is 0.0867 e. The minimum absolute atomic E-state index is 0.416. The normalized spacial score (nSPS) is 32.0. The molecule has 2 aliphatic heterocycles. The van der Waals surface area contributed by atoms with Gasteiger partial charge in [-0.05, 0) is 43.2 Å². The lowest BCUT2D eigenvalue weighted by atomic mass is 9.66. The van der Waals surface area contributed by atoms with Gasteiger partial charge in [-0.15, -0.1) is 0 Å². The molecule has 22 heavy (non-hydrogen) atoms. The summed E-state index contributed by atoms with van der Waals surface area (Å²) in [6.07, 6.45) is 9.01. The zero-order valence-corrected chi connectivity index (χ0v) is 14.2. The summed E-state index contributed by atoms with van der Waals surface area (Å²) in [6, 6.07) is 5.62. The third-order valence-electron chi connectivity index (χ3n) is 5.23. The van der Waals surface area contributed by atoms with E-state index in [0.717, 1.165) is 24.9 Å². The topological polar surface area (TPSA) is 39.9 Å². The summed E-state index contributed by atoms with van der Waals surface area (Å²) >= 11 is 6.12. The van der Waals surface area contributed by atoms with Gasteiger partial charge in [-0.1, -0.05) is 31.9 Å². The average molecular weight is 318 g/mol. The molecule has 0 N–H and O–H groups in total. The smallest absolute Gasteiger partial charge is 0.0867 e. The van der Waals surface area contributed by atoms with Crippen molar-refractivity contribution < 1.29 is 0 Å². The van der Waals surface area contributed by atoms with Crippen molar-refractivity contribution in [3.8, 4) is 6.07 Å². The van der Waals surface area contributed by atoms with Crippen LogP contribution in [0.3, 0.4) is 0 Å². The molecule has 4 heteroatoms. The molecule has 0 amide bonds. The van der Waals surface area contributed by atoms with Crippen LogP contribution in [0, 0.1) is 17.2 Å². The number of halogens is 1. The molecular weight excluding hydrogens is 294 g/mol. The van der Waals surface area contributed by atoms with Crippen LogP contribution in [0.1, 0.15) is 51.5 Å². The first-order valence-corrected chi connectivity index (χ1v) is 8.70. The van der Waals surface area contributed by atoms with Crippen LogP contribution in [-0.4, -0.2) is 28.5 Å². The number of piperidine rings is 2. The average Bonchev–Trinajstić information content (AvgIpc) is 2.46. The summed E-state index contributed by atoms with van der Waals surface area (Å²) in [7, 11) is 0. The number of rotatable bonds is 3. The van der Waals surface area contributed by atoms with Crippen molar-refractivity contribution in [1.29, 1.82) is 5.26 Å². The molecule has 2 atom stereocenters. The molecule has 0 radical (unpaired) electrons. The molecule has 0 aliphatic carbocycles. The summed E-state index contributed by atoms with van der Waals surface area (Å²) in [5.41, 5.74) is 0.588. The molecule has 0 aromatic carbocycles. The van der Waals surface area contributed by atoms with E-state index in [1.807, 2.05) is 12.3 Å². The van der Waals surface area contributed by atoms with Crippen molar-refractivity contribution in [2.75, 3.05) is 6.54 Å². The Bertz CT molecular complexity index is 564. The molecule has 2 aliphatic rings. The SMILES string of the molecule is CC(C)CN1C2CCCC1CC(C#N)(c1cncc(Cl)c1)C2. The molecule has 2 unspecified atom stereocenters. The fourth-order valence-electron chi connectivity index (χ4n) is 4.33. The third-order valence-corrected chi connectivity index (χ3v) is 5.44. The Balaban J connectivity index is 1.92. The highest BCUT2D eigenvalue weighted by atomic mass is 35.5. The van der Waals surface area contributed by atoms with Crippen molar-refractivity contribution in [1.82, 2.24) is 9.88 Å². The zero-order chi connectivity index (χ0) is 15.7. The molecular formula is C18H24ClN3. The molecule has 2 saturated heterocycles. The molecule has 118 valence electrons. The highest BCUT2D eigenvalue weighted by Crippen LogP contribution is 2.45. The first-order chi connectivity index (χ1) is 10.5. The Hall–Kier alpha value is -1.11. The zero-order valence-electron chi connectivity index (χ0n) is 13.4. The van der Waals surface area contributed by atoms with E-state index in [1.54, 1.807) is 6.20 Å². The van der Waals surface area contributed by atoms with Crippen molar-refractivity contribution in [2.45, 2.75) is 63.5 Å². The predicted molar refractivity (Wildman–Crippen MR) is 88.7 cm³/mol. The maximum atomic E-state index is 9.97. The lowest BCUT2D eigenvalue weighted by Gasteiger charge is -2.52. The fourth-order valence-corrected chi connectivity index (χ4v) is 4.50. The largest absolute Gasteiger partial charge is 0.297 e. The van der Waals surface area contributed by atoms with Gasteiger partial charge >= 0.3 is 0 Å². The maximum absolute atomic E-state index is 9.97. The standard InChI is InChI=1S/C18H24ClN3/c1-13(2)11-22-16-4-3-5-17(22)8-18(7-16,12-20)14-6-15(19)10-21-9-14/h6,9-10,13,16-17H,3-5,7-8,11H2,1-2H3. The minimum Gasteiger partial charge on any atom is -0.297 e. The monoisotopic (exact) mass is 317 g/mol. The van der Waals surface area contributed by atoms with Crippen LogP contribution in [-0.2, 0) is 5.41 Å². The van der Waals surface area contributed by atoms with Gasteiger partial charge in [-0.25, -0.2) is 0 Å². The van der Waals surface area contributed by atoms with Gasteiger partial charge in [0.2, 0.25) is 0 Å². The minimum atomic E-state index is -0.416. The summed E-state index contributed by atoms with van der Waals surface area (Å²) in [5, 5.41) is 10.6. The number of nitrogens with zero attached hydrogens (tertiary/aromatic N) is 3. The van der Waals surface area contributed by atoms with Crippen molar-refractivity contribution >= 4 is 11.6 Å². The molecule has 3 heterocycles. The molecule has 3 nitrogen and oxygen atoms in total. The van der Waals surface area contributed by atoms with Gasteiger partial charge in [0.25, 0.3) is 0 Å². The third kappa shape index (κ3) is 2.87. The first kappa shape index (κ1) is 15.8. The van der Waals surface area contributed by atoms with E-state index in [2.05, 4.69) is 29.8 Å². The summed E-state index contributed by atoms with van der Waals surface area (Å²) < 4.78 is 0. The summed E-state index contributed by atoms with van der Waals surface area (Å²) in [4.78, 5) is 6.89. The van der Waals surface area contributed by atoms with E-state index in [1.165, 1.54) is 19.3 Å². The van der Waals surface area contributed by atoms with E-state index >= 15 is 0 Å². The van der Waals surface area contributed by atoms with Gasteiger partial charge in [0, 0.05) is 31.0 Å². The molecule has 3 rings (SSSR count). The van der Waals surface area contributed by atoms with E-state index in [9.17, 15) is 5.26 Å². The van der Waals surface area contributed by atoms with Crippen LogP contribution in [0.25, 0.3) is 0 Å². The van der Waals surface area contributed by atoms with Gasteiger partial charge < -0.3 is 0 Å². The number of nitriles is 1. The summed E-state index contributed by atoms with van der Waals surface area (Å²) in [5.74, 6) is 0.672. The van der Waals surface area contributed by atoms with E-state index in [-0.39, 0.29) is 0 Å². The fraction of sp³-hybridized carbons (Fsp3) is 0.667. The first-order valence-electron chi connectivity index (χ1n) is 8.32. The number of pyridine rings is 1.